The molecule has 1 saturated heterocycles. The van der Waals surface area contributed by atoms with Crippen molar-refractivity contribution in [2.45, 2.75) is 19.8 Å². The number of aliphatic imine (C=N–C) groups is 1. The zero-order valence-electron chi connectivity index (χ0n) is 18.1. The van der Waals surface area contributed by atoms with Gasteiger partial charge in [-0.3, -0.25) is 4.99 Å². The summed E-state index contributed by atoms with van der Waals surface area (Å²) in [5.41, 5.74) is 4.38. The van der Waals surface area contributed by atoms with Crippen LogP contribution in [-0.4, -0.2) is 24.2 Å². The van der Waals surface area contributed by atoms with Crippen LogP contribution in [0.5, 0.6) is 0 Å². The van der Waals surface area contributed by atoms with Crippen LogP contribution in [0, 0.1) is 11.7 Å². The summed E-state index contributed by atoms with van der Waals surface area (Å²) in [4.78, 5) is 7.14. The monoisotopic (exact) mass is 447 g/mol. The third kappa shape index (κ3) is 5.57. The molecule has 0 saturated carbocycles. The molecule has 3 aromatic carbocycles. The number of rotatable bonds is 6. The Labute approximate surface area is 194 Å². The first-order chi connectivity index (χ1) is 15.6. The number of hydrogen-bond acceptors (Lipinski definition) is 3. The highest BCUT2D eigenvalue weighted by atomic mass is 35.5. The van der Waals surface area contributed by atoms with Crippen molar-refractivity contribution in [1.82, 2.24) is 4.90 Å². The minimum absolute atomic E-state index is 0.269. The largest absolute Gasteiger partial charge is 0.368 e. The molecule has 3 aromatic rings. The van der Waals surface area contributed by atoms with E-state index in [0.29, 0.717) is 10.9 Å². The normalized spacial score (nSPS) is 17.3. The Morgan fingerprint density at radius 3 is 2.47 bits per heavy atom. The predicted molar refractivity (Wildman–Crippen MR) is 133 cm³/mol. The number of allylic oxidation sites excluding steroid dienone is 1. The molecule has 32 heavy (non-hydrogen) atoms. The smallest absolute Gasteiger partial charge is 0.123 e. The number of anilines is 1. The lowest BCUT2D eigenvalue weighted by Gasteiger charge is -2.35. The molecule has 0 bridgehead atoms. The van der Waals surface area contributed by atoms with Gasteiger partial charge in [-0.25, -0.2) is 4.39 Å². The van der Waals surface area contributed by atoms with Crippen LogP contribution in [-0.2, 0) is 0 Å². The molecule has 3 nitrogen and oxygen atoms in total. The highest BCUT2D eigenvalue weighted by Crippen LogP contribution is 2.31. The molecule has 164 valence electrons. The third-order valence-electron chi connectivity index (χ3n) is 5.60. The van der Waals surface area contributed by atoms with Crippen molar-refractivity contribution in [3.8, 4) is 0 Å². The standard InChI is InChI=1S/C27H27ClFN3/c1-20-8-7-17-32(19-20)26(18-30-22-9-3-2-4-10-22)27(24-11-5-6-12-25(24)28)31-23-15-13-21(29)14-16-23/h2-6,9-16,18,20,31H,7-8,17,19H2,1H3. The second kappa shape index (κ2) is 10.5. The summed E-state index contributed by atoms with van der Waals surface area (Å²) >= 11 is 6.64. The van der Waals surface area contributed by atoms with Crippen LogP contribution in [0.2, 0.25) is 5.02 Å². The van der Waals surface area contributed by atoms with E-state index in [1.165, 1.54) is 18.6 Å². The van der Waals surface area contributed by atoms with E-state index < -0.39 is 0 Å². The molecule has 1 atom stereocenters. The SMILES string of the molecule is CC1CCCN(C(C=Nc2ccccc2)=C(Nc2ccc(F)cc2)c2ccccc2Cl)C1. The number of hydrogen-bond donors (Lipinski definition) is 1. The molecule has 5 heteroatoms. The van der Waals surface area contributed by atoms with E-state index in [1.54, 1.807) is 12.1 Å². The minimum Gasteiger partial charge on any atom is -0.368 e. The van der Waals surface area contributed by atoms with Gasteiger partial charge in [0.2, 0.25) is 0 Å². The molecule has 0 spiro atoms. The first kappa shape index (κ1) is 22.1. The summed E-state index contributed by atoms with van der Waals surface area (Å²) in [6.07, 6.45) is 4.26. The molecule has 0 radical (unpaired) electrons. The molecule has 0 amide bonds. The van der Waals surface area contributed by atoms with Crippen LogP contribution in [0.4, 0.5) is 15.8 Å². The Morgan fingerprint density at radius 1 is 1.03 bits per heavy atom. The van der Waals surface area contributed by atoms with E-state index >= 15 is 0 Å². The lowest BCUT2D eigenvalue weighted by atomic mass is 9.99. The van der Waals surface area contributed by atoms with Crippen molar-refractivity contribution in [2.75, 3.05) is 18.4 Å². The van der Waals surface area contributed by atoms with Gasteiger partial charge in [-0.2, -0.15) is 0 Å². The maximum Gasteiger partial charge on any atom is 0.123 e. The zero-order chi connectivity index (χ0) is 22.3. The van der Waals surface area contributed by atoms with Crippen molar-refractivity contribution in [2.24, 2.45) is 10.9 Å². The third-order valence-corrected chi connectivity index (χ3v) is 5.93. The number of likely N-dealkylation sites (tertiary alicyclic amines) is 1. The van der Waals surface area contributed by atoms with E-state index in [9.17, 15) is 4.39 Å². The average Bonchev–Trinajstić information content (AvgIpc) is 2.81. The zero-order valence-corrected chi connectivity index (χ0v) is 18.9. The van der Waals surface area contributed by atoms with Gasteiger partial charge >= 0.3 is 0 Å². The quantitative estimate of drug-likeness (QED) is 0.399. The van der Waals surface area contributed by atoms with Gasteiger partial charge in [0.05, 0.1) is 23.3 Å². The lowest BCUT2D eigenvalue weighted by Crippen LogP contribution is -2.35. The van der Waals surface area contributed by atoms with Gasteiger partial charge in [0.15, 0.2) is 0 Å². The van der Waals surface area contributed by atoms with Gasteiger partial charge < -0.3 is 10.2 Å². The number of piperidine rings is 1. The molecular formula is C27H27ClFN3. The summed E-state index contributed by atoms with van der Waals surface area (Å²) in [6.45, 7) is 4.16. The van der Waals surface area contributed by atoms with Crippen LogP contribution in [0.25, 0.3) is 5.70 Å². The van der Waals surface area contributed by atoms with E-state index in [4.69, 9.17) is 16.6 Å². The molecule has 1 aliphatic rings. The lowest BCUT2D eigenvalue weighted by molar-refractivity contribution is 0.240. The molecule has 0 aromatic heterocycles. The van der Waals surface area contributed by atoms with Crippen molar-refractivity contribution in [3.63, 3.8) is 0 Å². The van der Waals surface area contributed by atoms with Crippen LogP contribution in [0.1, 0.15) is 25.3 Å². The van der Waals surface area contributed by atoms with Gasteiger partial charge in [-0.1, -0.05) is 54.9 Å². The first-order valence-electron chi connectivity index (χ1n) is 11.0. The molecule has 1 N–H and O–H groups in total. The number of halogens is 2. The molecule has 0 aliphatic carbocycles. The Kier molecular flexibility index (Phi) is 7.23. The Bertz CT molecular complexity index is 1090. The first-order valence-corrected chi connectivity index (χ1v) is 11.3. The highest BCUT2D eigenvalue weighted by molar-refractivity contribution is 6.32. The topological polar surface area (TPSA) is 27.6 Å². The molecular weight excluding hydrogens is 421 g/mol. The minimum atomic E-state index is -0.269. The average molecular weight is 448 g/mol. The van der Waals surface area contributed by atoms with Crippen LogP contribution < -0.4 is 5.32 Å². The maximum atomic E-state index is 13.5. The van der Waals surface area contributed by atoms with E-state index in [2.05, 4.69) is 17.1 Å². The van der Waals surface area contributed by atoms with Crippen molar-refractivity contribution < 1.29 is 4.39 Å². The Hall–Kier alpha value is -3.11. The highest BCUT2D eigenvalue weighted by Gasteiger charge is 2.22. The second-order valence-corrected chi connectivity index (χ2v) is 8.57. The number of nitrogens with zero attached hydrogens (tertiary/aromatic N) is 2. The maximum absolute atomic E-state index is 13.5. The molecule has 4 rings (SSSR count). The number of benzene rings is 3. The van der Waals surface area contributed by atoms with Gasteiger partial charge in [0.1, 0.15) is 5.82 Å². The van der Waals surface area contributed by atoms with Crippen LogP contribution >= 0.6 is 11.6 Å². The van der Waals surface area contributed by atoms with E-state index in [1.807, 2.05) is 60.8 Å². The fourth-order valence-corrected chi connectivity index (χ4v) is 4.20. The van der Waals surface area contributed by atoms with Crippen LogP contribution in [0.15, 0.2) is 89.6 Å². The Balaban J connectivity index is 1.85. The second-order valence-electron chi connectivity index (χ2n) is 8.16. The fraction of sp³-hybridized carbons (Fsp3) is 0.222. The molecule has 1 heterocycles. The molecule has 1 unspecified atom stereocenters. The molecule has 1 aliphatic heterocycles. The summed E-state index contributed by atoms with van der Waals surface area (Å²) < 4.78 is 13.5. The summed E-state index contributed by atoms with van der Waals surface area (Å²) in [7, 11) is 0. The summed E-state index contributed by atoms with van der Waals surface area (Å²) in [5, 5.41) is 4.15. The van der Waals surface area contributed by atoms with E-state index in [-0.39, 0.29) is 5.82 Å². The van der Waals surface area contributed by atoms with Crippen molar-refractivity contribution in [1.29, 1.82) is 0 Å². The Morgan fingerprint density at radius 2 is 1.75 bits per heavy atom. The number of nitrogens with one attached hydrogen (secondary N) is 1. The van der Waals surface area contributed by atoms with Gasteiger partial charge in [0.25, 0.3) is 0 Å². The van der Waals surface area contributed by atoms with Crippen molar-refractivity contribution >= 4 is 34.9 Å². The van der Waals surface area contributed by atoms with Gasteiger partial charge in [0, 0.05) is 29.4 Å². The number of para-hydroxylation sites is 1. The molecule has 1 fully saturated rings. The van der Waals surface area contributed by atoms with Crippen LogP contribution in [0.3, 0.4) is 0 Å². The predicted octanol–water partition coefficient (Wildman–Crippen LogP) is 7.39. The van der Waals surface area contributed by atoms with Gasteiger partial charge in [-0.05, 0) is 61.2 Å². The van der Waals surface area contributed by atoms with E-state index in [0.717, 1.165) is 47.8 Å². The van der Waals surface area contributed by atoms with Gasteiger partial charge in [-0.15, -0.1) is 0 Å². The summed E-state index contributed by atoms with van der Waals surface area (Å²) in [5.74, 6) is 0.316. The van der Waals surface area contributed by atoms with Crippen molar-refractivity contribution in [3.05, 3.63) is 101 Å². The fourth-order valence-electron chi connectivity index (χ4n) is 3.97. The summed E-state index contributed by atoms with van der Waals surface area (Å²) in [6, 6.07) is 24.0.